The molecule has 4 nitrogen and oxygen atoms in total. The summed E-state index contributed by atoms with van der Waals surface area (Å²) < 4.78 is 0. The first-order valence-electron chi connectivity index (χ1n) is 3.01. The summed E-state index contributed by atoms with van der Waals surface area (Å²) in [5, 5.41) is 0. The molecule has 0 unspecified atom stereocenters. The quantitative estimate of drug-likeness (QED) is 0.479. The van der Waals surface area contributed by atoms with E-state index >= 15 is 0 Å². The first-order valence-corrected chi connectivity index (χ1v) is 3.01. The Kier molecular flexibility index (Phi) is 1.80. The highest BCUT2D eigenvalue weighted by Gasteiger charge is 2.29. The number of imide groups is 1. The maximum absolute atomic E-state index is 10.7. The van der Waals surface area contributed by atoms with Crippen LogP contribution < -0.4 is 0 Å². The number of amides is 2. The molecule has 1 heterocycles. The highest BCUT2D eigenvalue weighted by molar-refractivity contribution is 5.92. The van der Waals surface area contributed by atoms with Crippen molar-refractivity contribution in [1.29, 1.82) is 0 Å². The van der Waals surface area contributed by atoms with Crippen LogP contribution in [0.3, 0.4) is 0 Å². The lowest BCUT2D eigenvalue weighted by Gasteiger charge is -2.09. The van der Waals surface area contributed by atoms with Crippen LogP contribution in [0.5, 0.6) is 0 Å². The Bertz CT molecular complexity index is 178. The van der Waals surface area contributed by atoms with E-state index in [4.69, 9.17) is 0 Å². The van der Waals surface area contributed by atoms with Crippen LogP contribution in [0.2, 0.25) is 0 Å². The molecule has 0 saturated carbocycles. The molecule has 1 aliphatic rings. The van der Waals surface area contributed by atoms with Gasteiger partial charge in [-0.3, -0.25) is 14.5 Å². The fourth-order valence-electron chi connectivity index (χ4n) is 0.995. The predicted octanol–water partition coefficient (Wildman–Crippen LogP) is -0.667. The van der Waals surface area contributed by atoms with Gasteiger partial charge in [0.05, 0.1) is 6.04 Å². The summed E-state index contributed by atoms with van der Waals surface area (Å²) in [7, 11) is 0. The minimum atomic E-state index is -0.509. The highest BCUT2D eigenvalue weighted by atomic mass is 16.2. The lowest BCUT2D eigenvalue weighted by atomic mass is 10.2. The standard InChI is InChI=1S/C6H7NO3/c8-3-5-1-2-6(10)7(5)4-9/h3-5H,1-2H2/t5-/m0/s1. The van der Waals surface area contributed by atoms with Crippen molar-refractivity contribution in [3.05, 3.63) is 0 Å². The van der Waals surface area contributed by atoms with Gasteiger partial charge in [-0.25, -0.2) is 0 Å². The van der Waals surface area contributed by atoms with Crippen molar-refractivity contribution in [2.45, 2.75) is 18.9 Å². The van der Waals surface area contributed by atoms with Gasteiger partial charge in [0.1, 0.15) is 6.29 Å². The number of hydrogen-bond acceptors (Lipinski definition) is 3. The zero-order valence-electron chi connectivity index (χ0n) is 5.32. The summed E-state index contributed by atoms with van der Waals surface area (Å²) in [5.41, 5.74) is 0. The number of carbonyl (C=O) groups excluding carboxylic acids is 3. The fraction of sp³-hybridized carbons (Fsp3) is 0.500. The molecule has 1 fully saturated rings. The molecule has 2 amide bonds. The summed E-state index contributed by atoms with van der Waals surface area (Å²) in [6.45, 7) is 0. The Morgan fingerprint density at radius 2 is 2.20 bits per heavy atom. The van der Waals surface area contributed by atoms with Crippen LogP contribution >= 0.6 is 0 Å². The van der Waals surface area contributed by atoms with Crippen LogP contribution in [0.25, 0.3) is 0 Å². The van der Waals surface area contributed by atoms with Gasteiger partial charge in [0.2, 0.25) is 12.3 Å². The van der Waals surface area contributed by atoms with Gasteiger partial charge in [0.25, 0.3) is 0 Å². The van der Waals surface area contributed by atoms with Gasteiger partial charge >= 0.3 is 0 Å². The molecule has 0 spiro atoms. The molecule has 1 aliphatic heterocycles. The third-order valence-electron chi connectivity index (χ3n) is 1.57. The molecular formula is C6H7NO3. The minimum absolute atomic E-state index is 0.257. The maximum Gasteiger partial charge on any atom is 0.229 e. The van der Waals surface area contributed by atoms with E-state index < -0.39 is 6.04 Å². The van der Waals surface area contributed by atoms with Crippen molar-refractivity contribution in [2.24, 2.45) is 0 Å². The van der Waals surface area contributed by atoms with E-state index in [0.29, 0.717) is 25.5 Å². The van der Waals surface area contributed by atoms with Crippen LogP contribution in [0.1, 0.15) is 12.8 Å². The highest BCUT2D eigenvalue weighted by Crippen LogP contribution is 2.13. The third-order valence-corrected chi connectivity index (χ3v) is 1.57. The SMILES string of the molecule is O=C[C@@H]1CCC(=O)N1C=O. The predicted molar refractivity (Wildman–Crippen MR) is 32.0 cm³/mol. The molecule has 54 valence electrons. The van der Waals surface area contributed by atoms with Gasteiger partial charge in [-0.2, -0.15) is 0 Å². The zero-order valence-corrected chi connectivity index (χ0v) is 5.32. The van der Waals surface area contributed by atoms with Crippen molar-refractivity contribution < 1.29 is 14.4 Å². The number of rotatable bonds is 2. The van der Waals surface area contributed by atoms with Crippen LogP contribution in [0.15, 0.2) is 0 Å². The second kappa shape index (κ2) is 2.60. The van der Waals surface area contributed by atoms with Crippen molar-refractivity contribution in [3.8, 4) is 0 Å². The Labute approximate surface area is 57.8 Å². The number of carbonyl (C=O) groups is 3. The molecule has 1 rings (SSSR count). The van der Waals surface area contributed by atoms with E-state index in [-0.39, 0.29) is 5.91 Å². The molecule has 0 bridgehead atoms. The molecule has 0 aromatic rings. The molecule has 10 heavy (non-hydrogen) atoms. The lowest BCUT2D eigenvalue weighted by molar-refractivity contribution is -0.138. The van der Waals surface area contributed by atoms with Crippen LogP contribution in [0.4, 0.5) is 0 Å². The summed E-state index contributed by atoms with van der Waals surface area (Å²) in [6.07, 6.45) is 1.82. The smallest absolute Gasteiger partial charge is 0.229 e. The number of aldehydes is 1. The molecule has 0 aromatic heterocycles. The van der Waals surface area contributed by atoms with Gasteiger partial charge in [0.15, 0.2) is 0 Å². The fourth-order valence-corrected chi connectivity index (χ4v) is 0.995. The second-order valence-electron chi connectivity index (χ2n) is 2.15. The van der Waals surface area contributed by atoms with Gasteiger partial charge in [-0.1, -0.05) is 0 Å². The summed E-state index contributed by atoms with van der Waals surface area (Å²) in [5.74, 6) is -0.257. The van der Waals surface area contributed by atoms with E-state index in [2.05, 4.69) is 0 Å². The van der Waals surface area contributed by atoms with Gasteiger partial charge in [0, 0.05) is 6.42 Å². The molecule has 1 saturated heterocycles. The van der Waals surface area contributed by atoms with E-state index in [1.807, 2.05) is 0 Å². The molecular weight excluding hydrogens is 134 g/mol. The van der Waals surface area contributed by atoms with Crippen molar-refractivity contribution in [2.75, 3.05) is 0 Å². The second-order valence-corrected chi connectivity index (χ2v) is 2.15. The van der Waals surface area contributed by atoms with E-state index in [1.54, 1.807) is 0 Å². The largest absolute Gasteiger partial charge is 0.301 e. The number of likely N-dealkylation sites (tertiary alicyclic amines) is 1. The van der Waals surface area contributed by atoms with Crippen molar-refractivity contribution in [1.82, 2.24) is 4.90 Å². The van der Waals surface area contributed by atoms with Crippen LogP contribution in [-0.2, 0) is 14.4 Å². The third kappa shape index (κ3) is 0.920. The first-order chi connectivity index (χ1) is 4.79. The lowest BCUT2D eigenvalue weighted by Crippen LogP contribution is -2.32. The molecule has 0 N–H and O–H groups in total. The normalized spacial score (nSPS) is 25.0. The average molecular weight is 141 g/mol. The van der Waals surface area contributed by atoms with Gasteiger partial charge < -0.3 is 4.79 Å². The summed E-state index contributed by atoms with van der Waals surface area (Å²) >= 11 is 0. The summed E-state index contributed by atoms with van der Waals surface area (Å²) in [4.78, 5) is 32.0. The van der Waals surface area contributed by atoms with Crippen molar-refractivity contribution in [3.63, 3.8) is 0 Å². The molecule has 0 aromatic carbocycles. The first kappa shape index (κ1) is 6.92. The Hall–Kier alpha value is -1.19. The van der Waals surface area contributed by atoms with Crippen molar-refractivity contribution >= 4 is 18.6 Å². The Balaban J connectivity index is 2.71. The van der Waals surface area contributed by atoms with Crippen LogP contribution in [-0.4, -0.2) is 29.5 Å². The molecule has 0 aliphatic carbocycles. The maximum atomic E-state index is 10.7. The summed E-state index contributed by atoms with van der Waals surface area (Å²) in [6, 6.07) is -0.509. The van der Waals surface area contributed by atoms with Gasteiger partial charge in [-0.05, 0) is 6.42 Å². The average Bonchev–Trinajstić information content (AvgIpc) is 2.30. The Morgan fingerprint density at radius 3 is 2.60 bits per heavy atom. The monoisotopic (exact) mass is 141 g/mol. The number of hydrogen-bond donors (Lipinski definition) is 0. The molecule has 4 heteroatoms. The van der Waals surface area contributed by atoms with E-state index in [0.717, 1.165) is 4.90 Å². The van der Waals surface area contributed by atoms with E-state index in [1.165, 1.54) is 0 Å². The van der Waals surface area contributed by atoms with Gasteiger partial charge in [-0.15, -0.1) is 0 Å². The molecule has 1 atom stereocenters. The zero-order chi connectivity index (χ0) is 7.56. The topological polar surface area (TPSA) is 54.5 Å². The van der Waals surface area contributed by atoms with Crippen LogP contribution in [0, 0.1) is 0 Å². The minimum Gasteiger partial charge on any atom is -0.301 e. The Morgan fingerprint density at radius 1 is 1.50 bits per heavy atom. The van der Waals surface area contributed by atoms with E-state index in [9.17, 15) is 14.4 Å². The molecule has 0 radical (unpaired) electrons. The number of nitrogens with zero attached hydrogens (tertiary/aromatic N) is 1.